The van der Waals surface area contributed by atoms with Gasteiger partial charge in [-0.25, -0.2) is 8.78 Å². The van der Waals surface area contributed by atoms with Gasteiger partial charge in [-0.1, -0.05) is 0 Å². The fraction of sp³-hybridized carbons (Fsp3) is 0.143. The molecular weight excluding hydrogens is 250 g/mol. The van der Waals surface area contributed by atoms with Crippen LogP contribution in [0.4, 0.5) is 14.5 Å². The van der Waals surface area contributed by atoms with Crippen molar-refractivity contribution >= 4 is 11.6 Å². The number of benzene rings is 1. The van der Waals surface area contributed by atoms with Gasteiger partial charge in [-0.3, -0.25) is 4.79 Å². The molecule has 98 valence electrons. The highest BCUT2D eigenvalue weighted by Gasteiger charge is 2.10. The molecule has 0 aliphatic carbocycles. The molecule has 2 rings (SSSR count). The second-order valence-electron chi connectivity index (χ2n) is 4.22. The normalized spacial score (nSPS) is 10.3. The number of aryl methyl sites for hydroxylation is 1. The second kappa shape index (κ2) is 5.56. The predicted molar refractivity (Wildman–Crippen MR) is 66.4 cm³/mol. The summed E-state index contributed by atoms with van der Waals surface area (Å²) in [7, 11) is 0. The number of hydrogen-bond acceptors (Lipinski definition) is 1. The number of aromatic nitrogens is 1. The van der Waals surface area contributed by atoms with Gasteiger partial charge < -0.3 is 5.32 Å². The van der Waals surface area contributed by atoms with Crippen molar-refractivity contribution in [1.29, 1.82) is 0 Å². The molecule has 0 fully saturated rings. The molecule has 1 aromatic carbocycles. The number of carbonyl (C=O) groups excluding carboxylic acids is 1. The topological polar surface area (TPSA) is 33.0 Å². The van der Waals surface area contributed by atoms with Gasteiger partial charge in [0.05, 0.1) is 0 Å². The number of pyridine rings is 1. The molecule has 0 aliphatic rings. The first-order valence-electron chi connectivity index (χ1n) is 5.75. The molecule has 0 unspecified atom stereocenters. The highest BCUT2D eigenvalue weighted by atomic mass is 19.2. The van der Waals surface area contributed by atoms with Gasteiger partial charge >= 0.3 is 0 Å². The third-order valence-corrected chi connectivity index (χ3v) is 2.59. The van der Waals surface area contributed by atoms with Crippen LogP contribution in [0.25, 0.3) is 0 Å². The number of carbonyl (C=O) groups is 1. The number of anilines is 1. The molecule has 0 saturated carbocycles. The maximum absolute atomic E-state index is 13.0. The van der Waals surface area contributed by atoms with E-state index in [1.165, 1.54) is 6.07 Å². The Hall–Kier alpha value is -2.30. The second-order valence-corrected chi connectivity index (χ2v) is 4.22. The Bertz CT molecular complexity index is 597. The summed E-state index contributed by atoms with van der Waals surface area (Å²) >= 11 is 0. The molecule has 1 amide bonds. The van der Waals surface area contributed by atoms with Crippen LogP contribution in [0.5, 0.6) is 0 Å². The van der Waals surface area contributed by atoms with Crippen LogP contribution in [0.2, 0.25) is 0 Å². The van der Waals surface area contributed by atoms with Crippen molar-refractivity contribution < 1.29 is 18.1 Å². The number of nitrogens with one attached hydrogen (secondary N) is 1. The van der Waals surface area contributed by atoms with Crippen molar-refractivity contribution in [1.82, 2.24) is 0 Å². The number of rotatable bonds is 3. The summed E-state index contributed by atoms with van der Waals surface area (Å²) in [5, 5.41) is 2.51. The monoisotopic (exact) mass is 263 g/mol. The SMILES string of the molecule is Cc1cc[n+](CC(=O)Nc2ccc(F)c(F)c2)cc1. The first-order valence-corrected chi connectivity index (χ1v) is 5.75. The molecule has 0 bridgehead atoms. The standard InChI is InChI=1S/C14H12F2N2O/c1-10-4-6-18(7-5-10)9-14(19)17-11-2-3-12(15)13(16)8-11/h2-8H,9H2,1H3/p+1. The summed E-state index contributed by atoms with van der Waals surface area (Å²) in [5.41, 5.74) is 1.33. The minimum absolute atomic E-state index is 0.110. The molecule has 1 N–H and O–H groups in total. The van der Waals surface area contributed by atoms with Crippen molar-refractivity contribution in [3.63, 3.8) is 0 Å². The third-order valence-electron chi connectivity index (χ3n) is 2.59. The van der Waals surface area contributed by atoms with Crippen molar-refractivity contribution in [3.8, 4) is 0 Å². The van der Waals surface area contributed by atoms with Crippen molar-refractivity contribution in [2.75, 3.05) is 5.32 Å². The van der Waals surface area contributed by atoms with Gasteiger partial charge in [0, 0.05) is 23.9 Å². The minimum atomic E-state index is -0.985. The van der Waals surface area contributed by atoms with Crippen LogP contribution < -0.4 is 9.88 Å². The highest BCUT2D eigenvalue weighted by molar-refractivity contribution is 5.89. The quantitative estimate of drug-likeness (QED) is 0.846. The molecular formula is C14H13F2N2O+. The molecule has 5 heteroatoms. The lowest BCUT2D eigenvalue weighted by Gasteiger charge is -2.03. The van der Waals surface area contributed by atoms with E-state index in [0.29, 0.717) is 0 Å². The Morgan fingerprint density at radius 2 is 1.84 bits per heavy atom. The van der Waals surface area contributed by atoms with Gasteiger partial charge in [-0.15, -0.1) is 0 Å². The first kappa shape index (κ1) is 13.1. The lowest BCUT2D eigenvalue weighted by atomic mass is 10.3. The number of nitrogens with zero attached hydrogens (tertiary/aromatic N) is 1. The van der Waals surface area contributed by atoms with Crippen LogP contribution in [0.1, 0.15) is 5.56 Å². The number of hydrogen-bond donors (Lipinski definition) is 1. The van der Waals surface area contributed by atoms with Crippen molar-refractivity contribution in [3.05, 3.63) is 59.9 Å². The summed E-state index contributed by atoms with van der Waals surface area (Å²) < 4.78 is 27.4. The van der Waals surface area contributed by atoms with E-state index in [1.54, 1.807) is 17.0 Å². The van der Waals surface area contributed by atoms with Gasteiger partial charge in [0.25, 0.3) is 5.91 Å². The molecule has 0 aliphatic heterocycles. The van der Waals surface area contributed by atoms with E-state index in [1.807, 2.05) is 19.1 Å². The Kier molecular flexibility index (Phi) is 3.85. The minimum Gasteiger partial charge on any atom is -0.320 e. The molecule has 0 spiro atoms. The zero-order chi connectivity index (χ0) is 13.8. The fourth-order valence-electron chi connectivity index (χ4n) is 1.58. The van der Waals surface area contributed by atoms with Gasteiger partial charge in [-0.05, 0) is 24.6 Å². The van der Waals surface area contributed by atoms with E-state index in [-0.39, 0.29) is 18.1 Å². The molecule has 3 nitrogen and oxygen atoms in total. The molecule has 0 radical (unpaired) electrons. The molecule has 1 heterocycles. The van der Waals surface area contributed by atoms with Gasteiger partial charge in [-0.2, -0.15) is 4.57 Å². The lowest BCUT2D eigenvalue weighted by Crippen LogP contribution is -2.39. The molecule has 0 atom stereocenters. The van der Waals surface area contributed by atoms with Crippen LogP contribution in [0, 0.1) is 18.6 Å². The summed E-state index contributed by atoms with van der Waals surface area (Å²) in [6.45, 7) is 2.06. The zero-order valence-electron chi connectivity index (χ0n) is 10.4. The molecule has 0 saturated heterocycles. The summed E-state index contributed by atoms with van der Waals surface area (Å²) in [5.74, 6) is -2.23. The largest absolute Gasteiger partial charge is 0.320 e. The summed E-state index contributed by atoms with van der Waals surface area (Å²) in [6.07, 6.45) is 3.56. The fourth-order valence-corrected chi connectivity index (χ4v) is 1.58. The third kappa shape index (κ3) is 3.58. The maximum Gasteiger partial charge on any atom is 0.290 e. The van der Waals surface area contributed by atoms with Crippen molar-refractivity contribution in [2.24, 2.45) is 0 Å². The molecule has 19 heavy (non-hydrogen) atoms. The average Bonchev–Trinajstić information content (AvgIpc) is 2.37. The average molecular weight is 263 g/mol. The van der Waals surface area contributed by atoms with Crippen LogP contribution in [-0.2, 0) is 11.3 Å². The van der Waals surface area contributed by atoms with Gasteiger partial charge in [0.1, 0.15) is 0 Å². The van der Waals surface area contributed by atoms with Crippen molar-refractivity contribution in [2.45, 2.75) is 13.5 Å². The maximum atomic E-state index is 13.0. The molecule has 1 aromatic heterocycles. The first-order chi connectivity index (χ1) is 9.04. The Labute approximate surface area is 109 Å². The number of amides is 1. The molecule has 2 aromatic rings. The van der Waals surface area contributed by atoms with E-state index in [2.05, 4.69) is 5.32 Å². The van der Waals surface area contributed by atoms with Crippen LogP contribution >= 0.6 is 0 Å². The van der Waals surface area contributed by atoms with E-state index in [0.717, 1.165) is 17.7 Å². The summed E-state index contributed by atoms with van der Waals surface area (Å²) in [6, 6.07) is 7.00. The van der Waals surface area contributed by atoms with E-state index >= 15 is 0 Å². The van der Waals surface area contributed by atoms with E-state index in [4.69, 9.17) is 0 Å². The smallest absolute Gasteiger partial charge is 0.290 e. The highest BCUT2D eigenvalue weighted by Crippen LogP contribution is 2.12. The van der Waals surface area contributed by atoms with Crippen LogP contribution in [0.15, 0.2) is 42.7 Å². The zero-order valence-corrected chi connectivity index (χ0v) is 10.4. The lowest BCUT2D eigenvalue weighted by molar-refractivity contribution is -0.684. The van der Waals surface area contributed by atoms with Gasteiger partial charge in [0.2, 0.25) is 6.54 Å². The predicted octanol–water partition coefficient (Wildman–Crippen LogP) is 2.20. The Morgan fingerprint density at radius 1 is 1.16 bits per heavy atom. The van der Waals surface area contributed by atoms with Crippen LogP contribution in [-0.4, -0.2) is 5.91 Å². The van der Waals surface area contributed by atoms with E-state index < -0.39 is 11.6 Å². The Morgan fingerprint density at radius 3 is 2.47 bits per heavy atom. The van der Waals surface area contributed by atoms with Gasteiger partial charge in [0.15, 0.2) is 24.0 Å². The van der Waals surface area contributed by atoms with Crippen LogP contribution in [0.3, 0.4) is 0 Å². The summed E-state index contributed by atoms with van der Waals surface area (Å²) in [4.78, 5) is 11.7. The van der Waals surface area contributed by atoms with E-state index in [9.17, 15) is 13.6 Å². The Balaban J connectivity index is 2.01. The number of halogens is 2.